The number of thiazole rings is 1. The lowest BCUT2D eigenvalue weighted by atomic mass is 9.70. The van der Waals surface area contributed by atoms with Gasteiger partial charge in [0, 0.05) is 24.7 Å². The second kappa shape index (κ2) is 3.76. The Hall–Kier alpha value is -0.410. The van der Waals surface area contributed by atoms with Crippen LogP contribution in [0.1, 0.15) is 31.2 Å². The Bertz CT molecular complexity index is 252. The molecule has 0 spiro atoms. The molecular weight excluding hydrogens is 180 g/mol. The van der Waals surface area contributed by atoms with E-state index in [4.69, 9.17) is 0 Å². The van der Waals surface area contributed by atoms with Gasteiger partial charge in [-0.25, -0.2) is 4.98 Å². The zero-order chi connectivity index (χ0) is 9.15. The van der Waals surface area contributed by atoms with Gasteiger partial charge in [-0.1, -0.05) is 13.3 Å². The lowest BCUT2D eigenvalue weighted by molar-refractivity contribution is 0.156. The molecule has 0 aromatic carbocycles. The molecule has 0 radical (unpaired) electrons. The lowest BCUT2D eigenvalue weighted by Gasteiger charge is -2.38. The van der Waals surface area contributed by atoms with Crippen LogP contribution in [0, 0.1) is 5.41 Å². The van der Waals surface area contributed by atoms with Gasteiger partial charge in [-0.2, -0.15) is 0 Å². The molecule has 0 saturated heterocycles. The summed E-state index contributed by atoms with van der Waals surface area (Å²) in [7, 11) is 0. The van der Waals surface area contributed by atoms with Gasteiger partial charge in [0.1, 0.15) is 5.01 Å². The third-order valence-electron chi connectivity index (χ3n) is 2.87. The molecule has 0 unspecified atom stereocenters. The Morgan fingerprint density at radius 2 is 2.46 bits per heavy atom. The third kappa shape index (κ3) is 2.29. The van der Waals surface area contributed by atoms with E-state index in [1.165, 1.54) is 24.3 Å². The minimum atomic E-state index is 0.581. The van der Waals surface area contributed by atoms with Crippen molar-refractivity contribution in [3.05, 3.63) is 16.6 Å². The molecule has 3 heteroatoms. The van der Waals surface area contributed by atoms with Gasteiger partial charge in [-0.3, -0.25) is 0 Å². The summed E-state index contributed by atoms with van der Waals surface area (Å²) in [6.07, 6.45) is 6.05. The average molecular weight is 196 g/mol. The summed E-state index contributed by atoms with van der Waals surface area (Å²) in [4.78, 5) is 4.24. The van der Waals surface area contributed by atoms with E-state index in [0.29, 0.717) is 5.41 Å². The standard InChI is InChI=1S/C10H16N2S/c1-10(3-2-4-10)8-11-7-9-12-5-6-13-9/h5-6,11H,2-4,7-8H2,1H3. The van der Waals surface area contributed by atoms with Crippen LogP contribution in [-0.4, -0.2) is 11.5 Å². The van der Waals surface area contributed by atoms with E-state index < -0.39 is 0 Å². The van der Waals surface area contributed by atoms with Gasteiger partial charge in [-0.15, -0.1) is 11.3 Å². The molecule has 0 aliphatic heterocycles. The fourth-order valence-corrected chi connectivity index (χ4v) is 2.35. The van der Waals surface area contributed by atoms with Crippen molar-refractivity contribution in [3.63, 3.8) is 0 Å². The summed E-state index contributed by atoms with van der Waals surface area (Å²) < 4.78 is 0. The van der Waals surface area contributed by atoms with E-state index in [1.807, 2.05) is 11.6 Å². The lowest BCUT2D eigenvalue weighted by Crippen LogP contribution is -2.36. The topological polar surface area (TPSA) is 24.9 Å². The number of rotatable bonds is 4. The molecular formula is C10H16N2S. The van der Waals surface area contributed by atoms with E-state index >= 15 is 0 Å². The normalized spacial score (nSPS) is 19.8. The maximum atomic E-state index is 4.24. The fraction of sp³-hybridized carbons (Fsp3) is 0.700. The molecule has 1 aromatic rings. The highest BCUT2D eigenvalue weighted by molar-refractivity contribution is 7.09. The number of hydrogen-bond donors (Lipinski definition) is 1. The predicted octanol–water partition coefficient (Wildman–Crippen LogP) is 2.42. The van der Waals surface area contributed by atoms with Gasteiger partial charge < -0.3 is 5.32 Å². The van der Waals surface area contributed by atoms with Crippen molar-refractivity contribution >= 4 is 11.3 Å². The Balaban J connectivity index is 1.69. The minimum absolute atomic E-state index is 0.581. The van der Waals surface area contributed by atoms with Crippen LogP contribution in [0.2, 0.25) is 0 Å². The number of nitrogens with one attached hydrogen (secondary N) is 1. The van der Waals surface area contributed by atoms with Gasteiger partial charge in [0.25, 0.3) is 0 Å². The van der Waals surface area contributed by atoms with E-state index in [-0.39, 0.29) is 0 Å². The van der Waals surface area contributed by atoms with E-state index in [9.17, 15) is 0 Å². The van der Waals surface area contributed by atoms with Gasteiger partial charge >= 0.3 is 0 Å². The molecule has 2 nitrogen and oxygen atoms in total. The van der Waals surface area contributed by atoms with Crippen molar-refractivity contribution in [2.75, 3.05) is 6.54 Å². The minimum Gasteiger partial charge on any atom is -0.310 e. The number of aromatic nitrogens is 1. The molecule has 13 heavy (non-hydrogen) atoms. The first-order valence-electron chi connectivity index (χ1n) is 4.88. The first-order valence-corrected chi connectivity index (χ1v) is 5.76. The Morgan fingerprint density at radius 3 is 3.00 bits per heavy atom. The maximum absolute atomic E-state index is 4.24. The highest BCUT2D eigenvalue weighted by Crippen LogP contribution is 2.39. The molecule has 1 saturated carbocycles. The van der Waals surface area contributed by atoms with Crippen molar-refractivity contribution in [1.29, 1.82) is 0 Å². The van der Waals surface area contributed by atoms with Crippen molar-refractivity contribution < 1.29 is 0 Å². The Labute approximate surface area is 83.4 Å². The summed E-state index contributed by atoms with van der Waals surface area (Å²) in [5.74, 6) is 0. The van der Waals surface area contributed by atoms with Crippen molar-refractivity contribution in [3.8, 4) is 0 Å². The first-order chi connectivity index (χ1) is 6.29. The van der Waals surface area contributed by atoms with Crippen LogP contribution < -0.4 is 5.32 Å². The van der Waals surface area contributed by atoms with Crippen LogP contribution in [0.15, 0.2) is 11.6 Å². The molecule has 0 bridgehead atoms. The summed E-state index contributed by atoms with van der Waals surface area (Å²) in [6.45, 7) is 4.45. The van der Waals surface area contributed by atoms with Crippen LogP contribution in [0.5, 0.6) is 0 Å². The van der Waals surface area contributed by atoms with Crippen LogP contribution in [0.3, 0.4) is 0 Å². The summed E-state index contributed by atoms with van der Waals surface area (Å²) in [5, 5.41) is 6.71. The van der Waals surface area contributed by atoms with Gasteiger partial charge in [-0.05, 0) is 18.3 Å². The van der Waals surface area contributed by atoms with Gasteiger partial charge in [0.2, 0.25) is 0 Å². The molecule has 2 rings (SSSR count). The number of nitrogens with zero attached hydrogens (tertiary/aromatic N) is 1. The summed E-state index contributed by atoms with van der Waals surface area (Å²) in [6, 6.07) is 0. The second-order valence-corrected chi connectivity index (χ2v) is 5.17. The summed E-state index contributed by atoms with van der Waals surface area (Å²) in [5.41, 5.74) is 0.581. The monoisotopic (exact) mass is 196 g/mol. The summed E-state index contributed by atoms with van der Waals surface area (Å²) >= 11 is 1.73. The van der Waals surface area contributed by atoms with Crippen molar-refractivity contribution in [2.24, 2.45) is 5.41 Å². The Morgan fingerprint density at radius 1 is 1.62 bits per heavy atom. The SMILES string of the molecule is CC1(CNCc2nccs2)CCC1. The Kier molecular flexibility index (Phi) is 2.65. The van der Waals surface area contributed by atoms with E-state index in [2.05, 4.69) is 17.2 Å². The van der Waals surface area contributed by atoms with E-state index in [0.717, 1.165) is 13.1 Å². The van der Waals surface area contributed by atoms with Gasteiger partial charge in [0.05, 0.1) is 0 Å². The smallest absolute Gasteiger partial charge is 0.106 e. The molecule has 1 fully saturated rings. The predicted molar refractivity (Wildman–Crippen MR) is 55.8 cm³/mol. The highest BCUT2D eigenvalue weighted by Gasteiger charge is 2.30. The molecule has 0 atom stereocenters. The average Bonchev–Trinajstić information content (AvgIpc) is 2.54. The molecule has 72 valence electrons. The molecule has 1 aromatic heterocycles. The molecule has 1 heterocycles. The van der Waals surface area contributed by atoms with Crippen LogP contribution >= 0.6 is 11.3 Å². The first kappa shape index (κ1) is 9.16. The maximum Gasteiger partial charge on any atom is 0.106 e. The van der Waals surface area contributed by atoms with E-state index in [1.54, 1.807) is 11.3 Å². The van der Waals surface area contributed by atoms with Crippen LogP contribution in [0.25, 0.3) is 0 Å². The number of hydrogen-bond acceptors (Lipinski definition) is 3. The third-order valence-corrected chi connectivity index (χ3v) is 3.65. The van der Waals surface area contributed by atoms with Crippen LogP contribution in [0.4, 0.5) is 0 Å². The molecule has 0 amide bonds. The fourth-order valence-electron chi connectivity index (χ4n) is 1.77. The molecule has 1 N–H and O–H groups in total. The quantitative estimate of drug-likeness (QED) is 0.800. The molecule has 1 aliphatic carbocycles. The largest absolute Gasteiger partial charge is 0.310 e. The zero-order valence-electron chi connectivity index (χ0n) is 8.05. The highest BCUT2D eigenvalue weighted by atomic mass is 32.1. The zero-order valence-corrected chi connectivity index (χ0v) is 8.86. The van der Waals surface area contributed by atoms with Crippen molar-refractivity contribution in [1.82, 2.24) is 10.3 Å². The van der Waals surface area contributed by atoms with Crippen LogP contribution in [-0.2, 0) is 6.54 Å². The second-order valence-electron chi connectivity index (χ2n) is 4.19. The van der Waals surface area contributed by atoms with Gasteiger partial charge in [0.15, 0.2) is 0 Å². The van der Waals surface area contributed by atoms with Crippen molar-refractivity contribution in [2.45, 2.75) is 32.7 Å². The molecule has 1 aliphatic rings.